The van der Waals surface area contributed by atoms with Crippen molar-refractivity contribution in [2.45, 2.75) is 84.2 Å². The SMILES string of the molecule is C[C@H]1[C@@H]2C[C@@]3(C)CC[C@H]4[C@@H](CC=C5C[C@@H](O)CC[C@@]54C)[C@@H]3[C@@H]2O[C@@H]1O. The van der Waals surface area contributed by atoms with Gasteiger partial charge < -0.3 is 14.9 Å². The van der Waals surface area contributed by atoms with Crippen LogP contribution in [0.3, 0.4) is 0 Å². The average Bonchev–Trinajstić information content (AvgIpc) is 3.00. The Labute approximate surface area is 151 Å². The van der Waals surface area contributed by atoms with E-state index in [0.717, 1.165) is 31.6 Å². The molecule has 140 valence electrons. The molecule has 1 aliphatic heterocycles. The van der Waals surface area contributed by atoms with Gasteiger partial charge in [-0.05, 0) is 79.4 Å². The summed E-state index contributed by atoms with van der Waals surface area (Å²) in [7, 11) is 0. The smallest absolute Gasteiger partial charge is 0.157 e. The van der Waals surface area contributed by atoms with E-state index in [1.807, 2.05) is 0 Å². The van der Waals surface area contributed by atoms with E-state index < -0.39 is 6.29 Å². The second-order valence-electron chi connectivity index (χ2n) is 10.5. The molecule has 0 aromatic rings. The zero-order valence-corrected chi connectivity index (χ0v) is 15.9. The van der Waals surface area contributed by atoms with Crippen LogP contribution in [0, 0.1) is 40.4 Å². The van der Waals surface area contributed by atoms with Gasteiger partial charge in [0.05, 0.1) is 12.2 Å². The van der Waals surface area contributed by atoms with Gasteiger partial charge in [-0.15, -0.1) is 0 Å². The number of aliphatic hydroxyl groups is 2. The molecule has 0 spiro atoms. The third kappa shape index (κ3) is 2.15. The number of rotatable bonds is 0. The molecular weight excluding hydrogens is 312 g/mol. The van der Waals surface area contributed by atoms with E-state index in [0.29, 0.717) is 23.2 Å². The molecule has 10 atom stereocenters. The van der Waals surface area contributed by atoms with Gasteiger partial charge in [0.25, 0.3) is 0 Å². The predicted molar refractivity (Wildman–Crippen MR) is 96.6 cm³/mol. The highest BCUT2D eigenvalue weighted by Crippen LogP contribution is 2.68. The van der Waals surface area contributed by atoms with Gasteiger partial charge in [-0.3, -0.25) is 0 Å². The molecular formula is C22H34O3. The van der Waals surface area contributed by atoms with E-state index in [9.17, 15) is 10.2 Å². The summed E-state index contributed by atoms with van der Waals surface area (Å²) in [5.74, 6) is 2.83. The second-order valence-corrected chi connectivity index (χ2v) is 10.5. The second kappa shape index (κ2) is 5.33. The Morgan fingerprint density at radius 1 is 1.12 bits per heavy atom. The minimum absolute atomic E-state index is 0.130. The van der Waals surface area contributed by atoms with Crippen molar-refractivity contribution in [2.24, 2.45) is 40.4 Å². The molecule has 4 aliphatic carbocycles. The summed E-state index contributed by atoms with van der Waals surface area (Å²) in [5, 5.41) is 20.4. The zero-order chi connectivity index (χ0) is 17.6. The highest BCUT2D eigenvalue weighted by Gasteiger charge is 2.64. The van der Waals surface area contributed by atoms with Crippen molar-refractivity contribution in [1.29, 1.82) is 0 Å². The molecule has 0 unspecified atom stereocenters. The number of fused-ring (bicyclic) bond motifs is 7. The maximum absolute atomic E-state index is 10.3. The minimum Gasteiger partial charge on any atom is -0.393 e. The van der Waals surface area contributed by atoms with Crippen LogP contribution in [0.15, 0.2) is 11.6 Å². The first-order chi connectivity index (χ1) is 11.8. The molecule has 0 radical (unpaired) electrons. The topological polar surface area (TPSA) is 49.7 Å². The number of allylic oxidation sites excluding steroid dienone is 1. The Hall–Kier alpha value is -0.380. The van der Waals surface area contributed by atoms with Crippen molar-refractivity contribution in [3.05, 3.63) is 11.6 Å². The molecule has 5 rings (SSSR count). The van der Waals surface area contributed by atoms with Crippen LogP contribution < -0.4 is 0 Å². The number of hydrogen-bond donors (Lipinski definition) is 2. The molecule has 25 heavy (non-hydrogen) atoms. The van der Waals surface area contributed by atoms with Crippen LogP contribution in [0.1, 0.15) is 65.7 Å². The lowest BCUT2D eigenvalue weighted by Crippen LogP contribution is -2.51. The molecule has 1 saturated heterocycles. The standard InChI is InChI=1S/C22H34O3/c1-12-16-11-21(2)8-7-17-15(18(21)19(16)25-20(12)24)5-4-13-10-14(23)6-9-22(13,17)3/h4,12,14-20,23-24H,5-11H2,1-3H3/t12-,14-,15+,16-,17-,18+,19+,20-,21+,22-/m0/s1. The van der Waals surface area contributed by atoms with E-state index >= 15 is 0 Å². The highest BCUT2D eigenvalue weighted by molar-refractivity contribution is 5.26. The first kappa shape index (κ1) is 16.8. The van der Waals surface area contributed by atoms with Gasteiger partial charge in [-0.25, -0.2) is 0 Å². The fourth-order valence-corrected chi connectivity index (χ4v) is 7.94. The van der Waals surface area contributed by atoms with Gasteiger partial charge in [0.15, 0.2) is 6.29 Å². The van der Waals surface area contributed by atoms with Gasteiger partial charge in [0.1, 0.15) is 0 Å². The van der Waals surface area contributed by atoms with Gasteiger partial charge >= 0.3 is 0 Å². The van der Waals surface area contributed by atoms with E-state index in [1.165, 1.54) is 24.8 Å². The molecule has 1 heterocycles. The summed E-state index contributed by atoms with van der Waals surface area (Å²) in [5.41, 5.74) is 2.21. The third-order valence-corrected chi connectivity index (χ3v) is 9.35. The maximum atomic E-state index is 10.3. The summed E-state index contributed by atoms with van der Waals surface area (Å²) in [6.07, 6.45) is 10.1. The predicted octanol–water partition coefficient (Wildman–Crippen LogP) is 3.89. The lowest BCUT2D eigenvalue weighted by Gasteiger charge is -2.57. The fourth-order valence-electron chi connectivity index (χ4n) is 7.94. The van der Waals surface area contributed by atoms with Crippen LogP contribution >= 0.6 is 0 Å². The third-order valence-electron chi connectivity index (χ3n) is 9.35. The molecule has 0 aromatic carbocycles. The Morgan fingerprint density at radius 3 is 2.72 bits per heavy atom. The van der Waals surface area contributed by atoms with E-state index in [4.69, 9.17) is 4.74 Å². The molecule has 3 heteroatoms. The van der Waals surface area contributed by atoms with Gasteiger partial charge in [-0.1, -0.05) is 32.4 Å². The van der Waals surface area contributed by atoms with Crippen LogP contribution in [0.5, 0.6) is 0 Å². The summed E-state index contributed by atoms with van der Waals surface area (Å²) in [6, 6.07) is 0. The lowest BCUT2D eigenvalue weighted by atomic mass is 9.48. The molecule has 4 fully saturated rings. The molecule has 5 aliphatic rings. The lowest BCUT2D eigenvalue weighted by molar-refractivity contribution is -0.151. The minimum atomic E-state index is -0.560. The maximum Gasteiger partial charge on any atom is 0.157 e. The van der Waals surface area contributed by atoms with E-state index in [2.05, 4.69) is 26.8 Å². The Bertz CT molecular complexity index is 600. The van der Waals surface area contributed by atoms with Crippen molar-refractivity contribution in [3.63, 3.8) is 0 Å². The van der Waals surface area contributed by atoms with Crippen LogP contribution in [-0.2, 0) is 4.74 Å². The van der Waals surface area contributed by atoms with Gasteiger partial charge in [0.2, 0.25) is 0 Å². The Balaban J connectivity index is 1.51. The van der Waals surface area contributed by atoms with Crippen LogP contribution in [-0.4, -0.2) is 28.7 Å². The number of hydrogen-bond acceptors (Lipinski definition) is 3. The summed E-state index contributed by atoms with van der Waals surface area (Å²) >= 11 is 0. The van der Waals surface area contributed by atoms with Crippen LogP contribution in [0.25, 0.3) is 0 Å². The van der Waals surface area contributed by atoms with E-state index in [-0.39, 0.29) is 23.5 Å². The van der Waals surface area contributed by atoms with Crippen LogP contribution in [0.4, 0.5) is 0 Å². The van der Waals surface area contributed by atoms with Gasteiger partial charge in [-0.2, -0.15) is 0 Å². The Morgan fingerprint density at radius 2 is 1.92 bits per heavy atom. The Kier molecular flexibility index (Phi) is 3.57. The van der Waals surface area contributed by atoms with Crippen LogP contribution in [0.2, 0.25) is 0 Å². The average molecular weight is 347 g/mol. The summed E-state index contributed by atoms with van der Waals surface area (Å²) in [4.78, 5) is 0. The number of aliphatic hydroxyl groups excluding tert-OH is 2. The van der Waals surface area contributed by atoms with Crippen molar-refractivity contribution in [2.75, 3.05) is 0 Å². The molecule has 3 nitrogen and oxygen atoms in total. The molecule has 0 amide bonds. The normalized spacial score (nSPS) is 60.3. The molecule has 2 N–H and O–H groups in total. The molecule has 0 bridgehead atoms. The van der Waals surface area contributed by atoms with Crippen molar-refractivity contribution >= 4 is 0 Å². The number of ether oxygens (including phenoxy) is 1. The van der Waals surface area contributed by atoms with Gasteiger partial charge in [0, 0.05) is 5.92 Å². The fraction of sp³-hybridized carbons (Fsp3) is 0.909. The highest BCUT2D eigenvalue weighted by atomic mass is 16.6. The van der Waals surface area contributed by atoms with Crippen molar-refractivity contribution in [1.82, 2.24) is 0 Å². The summed E-state index contributed by atoms with van der Waals surface area (Å²) < 4.78 is 6.16. The molecule has 0 aromatic heterocycles. The zero-order valence-electron chi connectivity index (χ0n) is 15.9. The first-order valence-corrected chi connectivity index (χ1v) is 10.5. The molecule has 3 saturated carbocycles. The summed E-state index contributed by atoms with van der Waals surface area (Å²) in [6.45, 7) is 7.15. The van der Waals surface area contributed by atoms with Crippen molar-refractivity contribution in [3.8, 4) is 0 Å². The van der Waals surface area contributed by atoms with E-state index in [1.54, 1.807) is 0 Å². The first-order valence-electron chi connectivity index (χ1n) is 10.5. The quantitative estimate of drug-likeness (QED) is 0.654. The largest absolute Gasteiger partial charge is 0.393 e. The monoisotopic (exact) mass is 346 g/mol. The van der Waals surface area contributed by atoms with Crippen molar-refractivity contribution < 1.29 is 14.9 Å².